The van der Waals surface area contributed by atoms with Crippen molar-refractivity contribution in [1.82, 2.24) is 4.90 Å². The Hall–Kier alpha value is -1.51. The molecule has 4 nitrogen and oxygen atoms in total. The number of hydrogen-bond acceptors (Lipinski definition) is 4. The van der Waals surface area contributed by atoms with Crippen LogP contribution in [0, 0.1) is 11.8 Å². The van der Waals surface area contributed by atoms with Gasteiger partial charge in [-0.1, -0.05) is 11.8 Å². The van der Waals surface area contributed by atoms with E-state index in [2.05, 4.69) is 16.6 Å². The second-order valence-corrected chi connectivity index (χ2v) is 4.40. The molecule has 5 heteroatoms. The second kappa shape index (κ2) is 6.94. The van der Waals surface area contributed by atoms with E-state index in [1.807, 2.05) is 11.4 Å². The molecule has 0 spiro atoms. The van der Waals surface area contributed by atoms with Gasteiger partial charge < -0.3 is 14.7 Å². The van der Waals surface area contributed by atoms with Crippen LogP contribution in [0.25, 0.3) is 0 Å². The van der Waals surface area contributed by atoms with Gasteiger partial charge in [-0.15, -0.1) is 11.3 Å². The Labute approximate surface area is 105 Å². The molecule has 1 amide bonds. The fraction of sp³-hybridized carbons (Fsp3) is 0.417. The Bertz CT molecular complexity index is 430. The third-order valence-electron chi connectivity index (χ3n) is 2.00. The number of hydrogen-bond donors (Lipinski definition) is 1. The number of carbonyl (C=O) groups is 1. The Morgan fingerprint density at radius 2 is 2.41 bits per heavy atom. The van der Waals surface area contributed by atoms with Gasteiger partial charge in [-0.05, 0) is 6.07 Å². The van der Waals surface area contributed by atoms with Crippen LogP contribution < -0.4 is 0 Å². The van der Waals surface area contributed by atoms with E-state index in [0.717, 1.165) is 10.4 Å². The molecule has 0 saturated carbocycles. The van der Waals surface area contributed by atoms with E-state index in [-0.39, 0.29) is 12.7 Å². The summed E-state index contributed by atoms with van der Waals surface area (Å²) >= 11 is 1.55. The van der Waals surface area contributed by atoms with Crippen LogP contribution in [-0.4, -0.2) is 36.9 Å². The van der Waals surface area contributed by atoms with E-state index in [0.29, 0.717) is 13.0 Å². The van der Waals surface area contributed by atoms with Crippen LogP contribution >= 0.6 is 11.3 Å². The average Bonchev–Trinajstić information content (AvgIpc) is 2.76. The largest absolute Gasteiger partial charge is 0.453 e. The number of aliphatic hydroxyl groups is 1. The van der Waals surface area contributed by atoms with Crippen LogP contribution in [0.2, 0.25) is 0 Å². The number of carbonyl (C=O) groups excluding carboxylic acids is 1. The number of methoxy groups -OCH3 is 1. The molecule has 0 fully saturated rings. The van der Waals surface area contributed by atoms with Crippen molar-refractivity contribution in [3.63, 3.8) is 0 Å². The summed E-state index contributed by atoms with van der Waals surface area (Å²) in [5, 5.41) is 10.5. The Balaban J connectivity index is 2.57. The SMILES string of the molecule is COC(=O)N(C)Cc1cc(C#CCCO)cs1. The highest BCUT2D eigenvalue weighted by Gasteiger charge is 2.09. The molecule has 0 atom stereocenters. The van der Waals surface area contributed by atoms with E-state index < -0.39 is 0 Å². The third-order valence-corrected chi connectivity index (χ3v) is 2.92. The number of nitrogens with zero attached hydrogens (tertiary/aromatic N) is 1. The number of thiophene rings is 1. The van der Waals surface area contributed by atoms with Gasteiger partial charge in [-0.2, -0.15) is 0 Å². The number of ether oxygens (including phenoxy) is 1. The van der Waals surface area contributed by atoms with Gasteiger partial charge in [0.05, 0.1) is 20.3 Å². The van der Waals surface area contributed by atoms with Crippen molar-refractivity contribution < 1.29 is 14.6 Å². The Kier molecular flexibility index (Phi) is 5.53. The normalized spacial score (nSPS) is 9.35. The second-order valence-electron chi connectivity index (χ2n) is 3.40. The van der Waals surface area contributed by atoms with E-state index in [4.69, 9.17) is 5.11 Å². The van der Waals surface area contributed by atoms with Gasteiger partial charge in [0.2, 0.25) is 0 Å². The zero-order valence-corrected chi connectivity index (χ0v) is 10.7. The van der Waals surface area contributed by atoms with Gasteiger partial charge in [0.15, 0.2) is 0 Å². The summed E-state index contributed by atoms with van der Waals surface area (Å²) in [5.74, 6) is 5.80. The predicted molar refractivity (Wildman–Crippen MR) is 66.8 cm³/mol. The molecular weight excluding hydrogens is 238 g/mol. The van der Waals surface area contributed by atoms with E-state index in [1.165, 1.54) is 12.0 Å². The van der Waals surface area contributed by atoms with Gasteiger partial charge >= 0.3 is 6.09 Å². The van der Waals surface area contributed by atoms with Crippen LogP contribution in [0.3, 0.4) is 0 Å². The summed E-state index contributed by atoms with van der Waals surface area (Å²) in [5.41, 5.74) is 0.914. The van der Waals surface area contributed by atoms with Crippen molar-refractivity contribution in [3.8, 4) is 11.8 Å². The van der Waals surface area contributed by atoms with E-state index in [9.17, 15) is 4.79 Å². The maximum absolute atomic E-state index is 11.2. The summed E-state index contributed by atoms with van der Waals surface area (Å²) in [6, 6.07) is 1.94. The fourth-order valence-electron chi connectivity index (χ4n) is 1.20. The minimum Gasteiger partial charge on any atom is -0.453 e. The van der Waals surface area contributed by atoms with Gasteiger partial charge in [0.1, 0.15) is 0 Å². The highest BCUT2D eigenvalue weighted by molar-refractivity contribution is 7.10. The molecule has 1 aromatic rings. The number of amides is 1. The molecule has 92 valence electrons. The lowest BCUT2D eigenvalue weighted by Gasteiger charge is -2.13. The Morgan fingerprint density at radius 1 is 1.65 bits per heavy atom. The smallest absolute Gasteiger partial charge is 0.409 e. The minimum atomic E-state index is -0.355. The zero-order valence-electron chi connectivity index (χ0n) is 9.90. The maximum Gasteiger partial charge on any atom is 0.409 e. The topological polar surface area (TPSA) is 49.8 Å². The molecule has 1 aromatic heterocycles. The highest BCUT2D eigenvalue weighted by Crippen LogP contribution is 2.15. The first-order valence-corrected chi connectivity index (χ1v) is 6.01. The van der Waals surface area contributed by atoms with Crippen molar-refractivity contribution in [2.75, 3.05) is 20.8 Å². The monoisotopic (exact) mass is 253 g/mol. The van der Waals surface area contributed by atoms with Crippen molar-refractivity contribution >= 4 is 17.4 Å². The van der Waals surface area contributed by atoms with Crippen LogP contribution in [-0.2, 0) is 11.3 Å². The van der Waals surface area contributed by atoms with Crippen molar-refractivity contribution in [2.45, 2.75) is 13.0 Å². The summed E-state index contributed by atoms with van der Waals surface area (Å²) in [6.07, 6.45) is 0.124. The van der Waals surface area contributed by atoms with Crippen molar-refractivity contribution in [2.24, 2.45) is 0 Å². The number of rotatable bonds is 3. The van der Waals surface area contributed by atoms with E-state index >= 15 is 0 Å². The summed E-state index contributed by atoms with van der Waals surface area (Å²) in [4.78, 5) is 13.7. The average molecular weight is 253 g/mol. The molecule has 1 rings (SSSR count). The zero-order chi connectivity index (χ0) is 12.7. The molecule has 1 heterocycles. The first-order valence-electron chi connectivity index (χ1n) is 5.13. The quantitative estimate of drug-likeness (QED) is 0.834. The van der Waals surface area contributed by atoms with Crippen molar-refractivity contribution in [3.05, 3.63) is 21.9 Å². The lowest BCUT2D eigenvalue weighted by molar-refractivity contribution is 0.131. The summed E-state index contributed by atoms with van der Waals surface area (Å²) in [6.45, 7) is 0.591. The first kappa shape index (κ1) is 13.6. The van der Waals surface area contributed by atoms with Crippen molar-refractivity contribution in [1.29, 1.82) is 0 Å². The molecule has 0 aliphatic carbocycles. The van der Waals surface area contributed by atoms with Gasteiger partial charge in [-0.25, -0.2) is 4.79 Å². The molecule has 0 aromatic carbocycles. The lowest BCUT2D eigenvalue weighted by Crippen LogP contribution is -2.25. The highest BCUT2D eigenvalue weighted by atomic mass is 32.1. The van der Waals surface area contributed by atoms with Gasteiger partial charge in [0, 0.05) is 29.3 Å². The standard InChI is InChI=1S/C12H15NO3S/c1-13(12(15)16-2)8-11-7-10(9-17-11)5-3-4-6-14/h7,9,14H,4,6,8H2,1-2H3. The van der Waals surface area contributed by atoms with Crippen LogP contribution in [0.15, 0.2) is 11.4 Å². The molecule has 0 aliphatic heterocycles. The lowest BCUT2D eigenvalue weighted by atomic mass is 10.3. The predicted octanol–water partition coefficient (Wildman–Crippen LogP) is 1.68. The third kappa shape index (κ3) is 4.47. The first-order chi connectivity index (χ1) is 8.17. The van der Waals surface area contributed by atoms with Gasteiger partial charge in [0.25, 0.3) is 0 Å². The van der Waals surface area contributed by atoms with Crippen LogP contribution in [0.4, 0.5) is 4.79 Å². The van der Waals surface area contributed by atoms with Crippen LogP contribution in [0.1, 0.15) is 16.9 Å². The van der Waals surface area contributed by atoms with Gasteiger partial charge in [-0.3, -0.25) is 0 Å². The molecule has 1 N–H and O–H groups in total. The summed E-state index contributed by atoms with van der Waals surface area (Å²) in [7, 11) is 3.04. The molecule has 0 saturated heterocycles. The Morgan fingerprint density at radius 3 is 3.06 bits per heavy atom. The minimum absolute atomic E-state index is 0.0784. The molecule has 17 heavy (non-hydrogen) atoms. The molecule has 0 unspecified atom stereocenters. The molecular formula is C12H15NO3S. The summed E-state index contributed by atoms with van der Waals surface area (Å²) < 4.78 is 4.61. The molecule has 0 radical (unpaired) electrons. The van der Waals surface area contributed by atoms with Crippen LogP contribution in [0.5, 0.6) is 0 Å². The maximum atomic E-state index is 11.2. The number of aliphatic hydroxyl groups excluding tert-OH is 1. The molecule has 0 bridgehead atoms. The van der Waals surface area contributed by atoms with E-state index in [1.54, 1.807) is 18.4 Å². The fourth-order valence-corrected chi connectivity index (χ4v) is 2.07. The molecule has 0 aliphatic rings.